The van der Waals surface area contributed by atoms with Gasteiger partial charge in [0.2, 0.25) is 11.7 Å². The van der Waals surface area contributed by atoms with Crippen molar-refractivity contribution in [2.75, 3.05) is 0 Å². The summed E-state index contributed by atoms with van der Waals surface area (Å²) in [5.41, 5.74) is 10.00. The fourth-order valence-electron chi connectivity index (χ4n) is 3.63. The Morgan fingerprint density at radius 3 is 2.59 bits per heavy atom. The van der Waals surface area contributed by atoms with E-state index in [4.69, 9.17) is 10.8 Å². The number of carbonyl (C=O) groups excluding carboxylic acids is 1. The number of hydrogen-bond acceptors (Lipinski definition) is 3. The minimum absolute atomic E-state index is 0.416. The van der Waals surface area contributed by atoms with E-state index in [1.54, 1.807) is 6.07 Å². The standard InChI is InChI=1S/C23H25N5O/c1-3-4-9-21-26-28-14-16(2)25-23(28)27(21)15-17-10-12-18(13-11-17)19-7-5-6-8-20(19)22(24)29/h5-8,10-14H,3-4,9,15H2,1-2H3,(H2,24,29). The fraction of sp³-hybridized carbons (Fsp3) is 0.261. The molecule has 6 nitrogen and oxygen atoms in total. The van der Waals surface area contributed by atoms with Crippen LogP contribution in [0, 0.1) is 6.92 Å². The molecule has 0 saturated heterocycles. The summed E-state index contributed by atoms with van der Waals surface area (Å²) in [7, 11) is 0. The topological polar surface area (TPSA) is 78.2 Å². The first-order valence-corrected chi connectivity index (χ1v) is 9.96. The molecular formula is C23H25N5O. The van der Waals surface area contributed by atoms with Crippen LogP contribution in [0.25, 0.3) is 16.9 Å². The van der Waals surface area contributed by atoms with Crippen LogP contribution >= 0.6 is 0 Å². The number of rotatable bonds is 7. The number of nitrogens with two attached hydrogens (primary N) is 1. The molecule has 148 valence electrons. The number of benzene rings is 2. The van der Waals surface area contributed by atoms with E-state index in [-0.39, 0.29) is 0 Å². The number of fused-ring (bicyclic) bond motifs is 1. The van der Waals surface area contributed by atoms with Crippen LogP contribution in [-0.4, -0.2) is 25.1 Å². The zero-order chi connectivity index (χ0) is 20.4. The SMILES string of the molecule is CCCCc1nn2cc(C)nc2n1Cc1ccc(-c2ccccc2C(N)=O)cc1. The second-order valence-corrected chi connectivity index (χ2v) is 7.34. The summed E-state index contributed by atoms with van der Waals surface area (Å²) in [6, 6.07) is 15.7. The highest BCUT2D eigenvalue weighted by atomic mass is 16.1. The molecule has 0 radical (unpaired) electrons. The van der Waals surface area contributed by atoms with Crippen molar-refractivity contribution in [1.29, 1.82) is 0 Å². The van der Waals surface area contributed by atoms with E-state index in [1.165, 1.54) is 0 Å². The second-order valence-electron chi connectivity index (χ2n) is 7.34. The summed E-state index contributed by atoms with van der Waals surface area (Å²) < 4.78 is 4.06. The lowest BCUT2D eigenvalue weighted by molar-refractivity contribution is 0.100. The largest absolute Gasteiger partial charge is 0.366 e. The predicted molar refractivity (Wildman–Crippen MR) is 114 cm³/mol. The number of primary amides is 1. The van der Waals surface area contributed by atoms with Crippen molar-refractivity contribution < 1.29 is 4.79 Å². The van der Waals surface area contributed by atoms with Gasteiger partial charge in [-0.25, -0.2) is 9.50 Å². The molecule has 0 spiro atoms. The number of imidazole rings is 1. The van der Waals surface area contributed by atoms with Gasteiger partial charge in [-0.1, -0.05) is 55.8 Å². The summed E-state index contributed by atoms with van der Waals surface area (Å²) in [5.74, 6) is 1.51. The normalized spacial score (nSPS) is 11.2. The van der Waals surface area contributed by atoms with Crippen molar-refractivity contribution >= 4 is 11.7 Å². The second kappa shape index (κ2) is 7.91. The van der Waals surface area contributed by atoms with E-state index in [9.17, 15) is 4.79 Å². The highest BCUT2D eigenvalue weighted by Gasteiger charge is 2.14. The van der Waals surface area contributed by atoms with Crippen LogP contribution in [-0.2, 0) is 13.0 Å². The van der Waals surface area contributed by atoms with Gasteiger partial charge in [-0.3, -0.25) is 9.36 Å². The van der Waals surface area contributed by atoms with Gasteiger partial charge in [0.25, 0.3) is 0 Å². The molecule has 2 heterocycles. The van der Waals surface area contributed by atoms with E-state index >= 15 is 0 Å². The van der Waals surface area contributed by atoms with Gasteiger partial charge in [-0.15, -0.1) is 0 Å². The number of unbranched alkanes of at least 4 members (excludes halogenated alkanes) is 1. The number of hydrogen-bond donors (Lipinski definition) is 1. The Hall–Kier alpha value is -3.41. The summed E-state index contributed by atoms with van der Waals surface area (Å²) in [4.78, 5) is 16.4. The van der Waals surface area contributed by atoms with Gasteiger partial charge >= 0.3 is 0 Å². The summed E-state index contributed by atoms with van der Waals surface area (Å²) in [6.07, 6.45) is 5.12. The van der Waals surface area contributed by atoms with Gasteiger partial charge in [-0.2, -0.15) is 5.10 Å². The molecule has 0 aliphatic carbocycles. The summed E-state index contributed by atoms with van der Waals surface area (Å²) >= 11 is 0. The van der Waals surface area contributed by atoms with Crippen LogP contribution < -0.4 is 5.73 Å². The minimum atomic E-state index is -0.416. The smallest absolute Gasteiger partial charge is 0.249 e. The van der Waals surface area contributed by atoms with E-state index in [0.717, 1.165) is 53.2 Å². The van der Waals surface area contributed by atoms with Crippen LogP contribution in [0.4, 0.5) is 0 Å². The molecule has 0 unspecified atom stereocenters. The lowest BCUT2D eigenvalue weighted by Gasteiger charge is -2.10. The first-order chi connectivity index (χ1) is 14.1. The van der Waals surface area contributed by atoms with E-state index in [2.05, 4.69) is 28.6 Å². The average Bonchev–Trinajstić information content (AvgIpc) is 3.23. The molecule has 29 heavy (non-hydrogen) atoms. The average molecular weight is 387 g/mol. The van der Waals surface area contributed by atoms with Gasteiger partial charge in [0.05, 0.1) is 18.4 Å². The highest BCUT2D eigenvalue weighted by Crippen LogP contribution is 2.24. The van der Waals surface area contributed by atoms with Crippen molar-refractivity contribution in [2.24, 2.45) is 5.73 Å². The number of aryl methyl sites for hydroxylation is 2. The molecule has 4 aromatic rings. The van der Waals surface area contributed by atoms with Gasteiger partial charge in [-0.05, 0) is 36.1 Å². The summed E-state index contributed by atoms with van der Waals surface area (Å²) in [5, 5.41) is 4.73. The Labute approximate surface area is 170 Å². The Bertz CT molecular complexity index is 1150. The quantitative estimate of drug-likeness (QED) is 0.521. The lowest BCUT2D eigenvalue weighted by atomic mass is 9.98. The van der Waals surface area contributed by atoms with Crippen LogP contribution in [0.1, 0.15) is 47.2 Å². The van der Waals surface area contributed by atoms with Crippen molar-refractivity contribution in [3.8, 4) is 11.1 Å². The Morgan fingerprint density at radius 1 is 1.10 bits per heavy atom. The molecule has 1 amide bonds. The molecule has 6 heteroatoms. The van der Waals surface area contributed by atoms with Crippen LogP contribution in [0.2, 0.25) is 0 Å². The van der Waals surface area contributed by atoms with E-state index < -0.39 is 5.91 Å². The third-order valence-corrected chi connectivity index (χ3v) is 5.12. The van der Waals surface area contributed by atoms with Gasteiger partial charge in [0.1, 0.15) is 5.82 Å². The van der Waals surface area contributed by atoms with Gasteiger partial charge < -0.3 is 5.73 Å². The molecule has 0 fully saturated rings. The van der Waals surface area contributed by atoms with E-state index in [1.807, 2.05) is 48.0 Å². The predicted octanol–water partition coefficient (Wildman–Crippen LogP) is 4.00. The fourth-order valence-corrected chi connectivity index (χ4v) is 3.63. The molecule has 0 bridgehead atoms. The maximum absolute atomic E-state index is 11.7. The monoisotopic (exact) mass is 387 g/mol. The summed E-state index contributed by atoms with van der Waals surface area (Å²) in [6.45, 7) is 4.87. The number of nitrogens with zero attached hydrogens (tertiary/aromatic N) is 4. The zero-order valence-corrected chi connectivity index (χ0v) is 16.8. The molecule has 2 N–H and O–H groups in total. The molecule has 0 aliphatic heterocycles. The molecular weight excluding hydrogens is 362 g/mol. The zero-order valence-electron chi connectivity index (χ0n) is 16.8. The molecule has 0 atom stereocenters. The first-order valence-electron chi connectivity index (χ1n) is 9.96. The molecule has 0 aliphatic rings. The third-order valence-electron chi connectivity index (χ3n) is 5.12. The molecule has 0 saturated carbocycles. The van der Waals surface area contributed by atoms with E-state index in [0.29, 0.717) is 12.1 Å². The number of aromatic nitrogens is 4. The van der Waals surface area contributed by atoms with Crippen LogP contribution in [0.15, 0.2) is 54.7 Å². The Balaban J connectivity index is 1.65. The molecule has 4 rings (SSSR count). The van der Waals surface area contributed by atoms with Gasteiger partial charge in [0.15, 0.2) is 0 Å². The minimum Gasteiger partial charge on any atom is -0.366 e. The Kier molecular flexibility index (Phi) is 5.16. The van der Waals surface area contributed by atoms with Crippen molar-refractivity contribution in [1.82, 2.24) is 19.2 Å². The van der Waals surface area contributed by atoms with Gasteiger partial charge in [0, 0.05) is 12.0 Å². The number of amides is 1. The van der Waals surface area contributed by atoms with Crippen LogP contribution in [0.5, 0.6) is 0 Å². The van der Waals surface area contributed by atoms with Crippen molar-refractivity contribution in [3.05, 3.63) is 77.4 Å². The van der Waals surface area contributed by atoms with Crippen molar-refractivity contribution in [3.63, 3.8) is 0 Å². The lowest BCUT2D eigenvalue weighted by Crippen LogP contribution is -2.12. The van der Waals surface area contributed by atoms with Crippen LogP contribution in [0.3, 0.4) is 0 Å². The maximum Gasteiger partial charge on any atom is 0.249 e. The molecule has 2 aromatic heterocycles. The molecule has 2 aromatic carbocycles. The number of carbonyl (C=O) groups is 1. The first kappa shape index (κ1) is 18.9. The van der Waals surface area contributed by atoms with Crippen molar-refractivity contribution in [2.45, 2.75) is 39.7 Å². The third kappa shape index (κ3) is 3.78. The maximum atomic E-state index is 11.7. The Morgan fingerprint density at radius 2 is 1.86 bits per heavy atom. The highest BCUT2D eigenvalue weighted by molar-refractivity contribution is 5.99.